The Morgan fingerprint density at radius 2 is 1.39 bits per heavy atom. The Hall–Kier alpha value is -1.49. The average Bonchev–Trinajstić information content (AvgIpc) is 2.98. The molecule has 1 heterocycles. The fourth-order valence-corrected chi connectivity index (χ4v) is 5.42. The van der Waals surface area contributed by atoms with E-state index in [2.05, 4.69) is 80.4 Å². The molecule has 0 saturated carbocycles. The van der Waals surface area contributed by atoms with Crippen LogP contribution in [0.1, 0.15) is 0 Å². The maximum absolute atomic E-state index is 4.77. The molecule has 0 fully saturated rings. The zero-order valence-corrected chi connectivity index (χ0v) is 16.0. The minimum absolute atomic E-state index is 1.02. The van der Waals surface area contributed by atoms with Crippen LogP contribution in [0, 0.1) is 0 Å². The lowest BCUT2D eigenvalue weighted by Gasteiger charge is -2.09. The third-order valence-corrected chi connectivity index (χ3v) is 5.96. The van der Waals surface area contributed by atoms with Crippen LogP contribution >= 0.6 is 43.2 Å². The topological polar surface area (TPSA) is 12.9 Å². The van der Waals surface area contributed by atoms with Crippen LogP contribution < -0.4 is 0 Å². The molecule has 0 aliphatic heterocycles. The lowest BCUT2D eigenvalue weighted by molar-refractivity contribution is 1.45. The molecule has 4 rings (SSSR count). The number of halogens is 2. The van der Waals surface area contributed by atoms with Crippen LogP contribution in [0.4, 0.5) is 0 Å². The summed E-state index contributed by atoms with van der Waals surface area (Å²) in [5, 5.41) is 1.02. The van der Waals surface area contributed by atoms with Crippen molar-refractivity contribution < 1.29 is 0 Å². The summed E-state index contributed by atoms with van der Waals surface area (Å²) in [6.45, 7) is 0. The van der Waals surface area contributed by atoms with E-state index in [9.17, 15) is 0 Å². The van der Waals surface area contributed by atoms with Crippen molar-refractivity contribution in [1.82, 2.24) is 4.98 Å². The number of nitrogens with zero attached hydrogens (tertiary/aromatic N) is 1. The first-order valence-electron chi connectivity index (χ1n) is 7.13. The van der Waals surface area contributed by atoms with Crippen LogP contribution in [-0.2, 0) is 0 Å². The lowest BCUT2D eigenvalue weighted by atomic mass is 10.0. The third kappa shape index (κ3) is 2.87. The summed E-state index contributed by atoms with van der Waals surface area (Å²) < 4.78 is 3.29. The van der Waals surface area contributed by atoms with E-state index in [1.807, 2.05) is 18.2 Å². The van der Waals surface area contributed by atoms with Gasteiger partial charge in [0.15, 0.2) is 0 Å². The van der Waals surface area contributed by atoms with Crippen molar-refractivity contribution in [3.8, 4) is 21.7 Å². The molecule has 1 aromatic heterocycles. The van der Waals surface area contributed by atoms with Gasteiger partial charge in [-0.15, -0.1) is 11.3 Å². The minimum atomic E-state index is 1.02. The van der Waals surface area contributed by atoms with E-state index in [4.69, 9.17) is 4.98 Å². The molecule has 0 aliphatic carbocycles. The van der Waals surface area contributed by atoms with Gasteiger partial charge in [0, 0.05) is 14.5 Å². The van der Waals surface area contributed by atoms with Crippen LogP contribution in [-0.4, -0.2) is 4.98 Å². The summed E-state index contributed by atoms with van der Waals surface area (Å²) in [4.78, 5) is 4.77. The van der Waals surface area contributed by atoms with Crippen molar-refractivity contribution in [1.29, 1.82) is 0 Å². The highest BCUT2D eigenvalue weighted by molar-refractivity contribution is 9.11. The van der Waals surface area contributed by atoms with E-state index in [0.29, 0.717) is 0 Å². The van der Waals surface area contributed by atoms with Gasteiger partial charge >= 0.3 is 0 Å². The van der Waals surface area contributed by atoms with Crippen LogP contribution in [0.15, 0.2) is 75.7 Å². The molecule has 0 atom stereocenters. The predicted molar refractivity (Wildman–Crippen MR) is 106 cm³/mol. The number of benzene rings is 3. The first-order chi connectivity index (χ1) is 11.2. The molecular formula is C19H11Br2NS. The van der Waals surface area contributed by atoms with Crippen LogP contribution in [0.25, 0.3) is 31.9 Å². The molecule has 0 N–H and O–H groups in total. The van der Waals surface area contributed by atoms with Gasteiger partial charge in [-0.25, -0.2) is 4.98 Å². The molecule has 1 nitrogen and oxygen atoms in total. The number of thiazole rings is 1. The highest BCUT2D eigenvalue weighted by Crippen LogP contribution is 2.41. The average molecular weight is 445 g/mol. The molecule has 112 valence electrons. The second kappa shape index (κ2) is 6.19. The van der Waals surface area contributed by atoms with Crippen molar-refractivity contribution in [2.75, 3.05) is 0 Å². The number of rotatable bonds is 2. The molecular weight excluding hydrogens is 434 g/mol. The molecule has 0 spiro atoms. The fourth-order valence-electron chi connectivity index (χ4n) is 2.55. The van der Waals surface area contributed by atoms with Crippen molar-refractivity contribution >= 4 is 53.4 Å². The van der Waals surface area contributed by atoms with E-state index in [-0.39, 0.29) is 0 Å². The summed E-state index contributed by atoms with van der Waals surface area (Å²) in [7, 11) is 0. The second-order valence-electron chi connectivity index (χ2n) is 5.17. The summed E-state index contributed by atoms with van der Waals surface area (Å²) in [5.74, 6) is 0. The highest BCUT2D eigenvalue weighted by atomic mass is 79.9. The van der Waals surface area contributed by atoms with E-state index in [1.54, 1.807) is 11.3 Å². The number of fused-ring (bicyclic) bond motifs is 1. The zero-order chi connectivity index (χ0) is 15.8. The number of hydrogen-bond acceptors (Lipinski definition) is 2. The quantitative estimate of drug-likeness (QED) is 0.319. The van der Waals surface area contributed by atoms with Gasteiger partial charge in [-0.1, -0.05) is 74.3 Å². The van der Waals surface area contributed by atoms with Gasteiger partial charge in [-0.2, -0.15) is 0 Å². The fraction of sp³-hybridized carbons (Fsp3) is 0. The number of hydrogen-bond donors (Lipinski definition) is 0. The smallest absolute Gasteiger partial charge is 0.126 e. The predicted octanol–water partition coefficient (Wildman–Crippen LogP) is 7.16. The first-order valence-corrected chi connectivity index (χ1v) is 9.53. The molecule has 0 amide bonds. The van der Waals surface area contributed by atoms with Gasteiger partial charge in [0.25, 0.3) is 0 Å². The van der Waals surface area contributed by atoms with E-state index < -0.39 is 0 Å². The summed E-state index contributed by atoms with van der Waals surface area (Å²) in [6.07, 6.45) is 0. The maximum atomic E-state index is 4.77. The van der Waals surface area contributed by atoms with Crippen LogP contribution in [0.2, 0.25) is 0 Å². The minimum Gasteiger partial charge on any atom is -0.236 e. The largest absolute Gasteiger partial charge is 0.236 e. The zero-order valence-electron chi connectivity index (χ0n) is 12.0. The Morgan fingerprint density at radius 3 is 2.09 bits per heavy atom. The first kappa shape index (κ1) is 15.1. The number of para-hydroxylation sites is 1. The summed E-state index contributed by atoms with van der Waals surface area (Å²) >= 11 is 9.16. The molecule has 3 aromatic carbocycles. The molecule has 0 radical (unpaired) electrons. The summed E-state index contributed by atoms with van der Waals surface area (Å²) in [6, 6.07) is 22.9. The highest BCUT2D eigenvalue weighted by Gasteiger charge is 2.14. The van der Waals surface area contributed by atoms with Gasteiger partial charge < -0.3 is 0 Å². The van der Waals surface area contributed by atoms with Crippen molar-refractivity contribution in [2.45, 2.75) is 0 Å². The Kier molecular flexibility index (Phi) is 4.05. The van der Waals surface area contributed by atoms with Gasteiger partial charge in [0.2, 0.25) is 0 Å². The maximum Gasteiger partial charge on any atom is 0.126 e. The normalized spacial score (nSPS) is 11.0. The Morgan fingerprint density at radius 1 is 0.739 bits per heavy atom. The second-order valence-corrected chi connectivity index (χ2v) is 7.91. The molecule has 0 unspecified atom stereocenters. The monoisotopic (exact) mass is 443 g/mol. The van der Waals surface area contributed by atoms with Crippen LogP contribution in [0.3, 0.4) is 0 Å². The SMILES string of the molecule is Brc1cc(-c2ccccc2)cc(Br)c1-c1nc2ccccc2s1. The van der Waals surface area contributed by atoms with E-state index in [1.165, 1.54) is 15.8 Å². The van der Waals surface area contributed by atoms with Crippen molar-refractivity contribution in [3.63, 3.8) is 0 Å². The number of aromatic nitrogens is 1. The van der Waals surface area contributed by atoms with E-state index >= 15 is 0 Å². The van der Waals surface area contributed by atoms with Gasteiger partial charge in [-0.3, -0.25) is 0 Å². The van der Waals surface area contributed by atoms with Crippen molar-refractivity contribution in [2.24, 2.45) is 0 Å². The Labute approximate surface area is 155 Å². The summed E-state index contributed by atoms with van der Waals surface area (Å²) in [5.41, 5.74) is 4.52. The molecule has 0 bridgehead atoms. The van der Waals surface area contributed by atoms with Crippen LogP contribution in [0.5, 0.6) is 0 Å². The molecule has 0 saturated heterocycles. The van der Waals surface area contributed by atoms with E-state index in [0.717, 1.165) is 25.0 Å². The van der Waals surface area contributed by atoms with Gasteiger partial charge in [-0.05, 0) is 35.4 Å². The van der Waals surface area contributed by atoms with Crippen molar-refractivity contribution in [3.05, 3.63) is 75.7 Å². The molecule has 0 aliphatic rings. The van der Waals surface area contributed by atoms with Gasteiger partial charge in [0.1, 0.15) is 5.01 Å². The third-order valence-electron chi connectivity index (χ3n) is 3.66. The van der Waals surface area contributed by atoms with Gasteiger partial charge in [0.05, 0.1) is 10.2 Å². The Bertz CT molecular complexity index is 937. The molecule has 4 heteroatoms. The standard InChI is InChI=1S/C19H11Br2NS/c20-14-10-13(12-6-2-1-3-7-12)11-15(21)18(14)19-22-16-8-4-5-9-17(16)23-19/h1-11H. The lowest BCUT2D eigenvalue weighted by Crippen LogP contribution is -1.85. The Balaban J connectivity index is 1.86. The molecule has 4 aromatic rings. The molecule has 23 heavy (non-hydrogen) atoms.